The number of hydrogen-bond donors (Lipinski definition) is 1. The highest BCUT2D eigenvalue weighted by Crippen LogP contribution is 2.20. The molecule has 0 fully saturated rings. The van der Waals surface area contributed by atoms with E-state index in [0.717, 1.165) is 18.1 Å². The first kappa shape index (κ1) is 13.0. The number of carbonyl (C=O) groups is 1. The van der Waals surface area contributed by atoms with Crippen LogP contribution in [0.2, 0.25) is 0 Å². The molecule has 1 N–H and O–H groups in total. The van der Waals surface area contributed by atoms with Crippen molar-refractivity contribution < 1.29 is 9.90 Å². The van der Waals surface area contributed by atoms with Gasteiger partial charge in [-0.3, -0.25) is 4.79 Å². The van der Waals surface area contributed by atoms with Crippen molar-refractivity contribution in [3.63, 3.8) is 0 Å². The number of carboxylic acids is 1. The Bertz CT molecular complexity index is 350. The fourth-order valence-corrected chi connectivity index (χ4v) is 2.07. The molecule has 1 aromatic heterocycles. The lowest BCUT2D eigenvalue weighted by Crippen LogP contribution is -2.19. The fourth-order valence-electron chi connectivity index (χ4n) is 1.26. The average Bonchev–Trinajstić information content (AvgIpc) is 2.61. The van der Waals surface area contributed by atoms with Gasteiger partial charge in [0.2, 0.25) is 0 Å². The normalized spacial score (nSPS) is 10.8. The fraction of sp³-hybridized carbons (Fsp3) is 0.636. The third-order valence-corrected chi connectivity index (χ3v) is 3.24. The maximum absolute atomic E-state index is 10.5. The Kier molecular flexibility index (Phi) is 4.73. The summed E-state index contributed by atoms with van der Waals surface area (Å²) in [5.74, 6) is -0.164. The Balaban J connectivity index is 2.52. The predicted octanol–water partition coefficient (Wildman–Crippen LogP) is 2.25. The van der Waals surface area contributed by atoms with Crippen LogP contribution in [0.4, 0.5) is 5.13 Å². The third kappa shape index (κ3) is 4.18. The van der Waals surface area contributed by atoms with Crippen molar-refractivity contribution >= 4 is 22.4 Å². The van der Waals surface area contributed by atoms with Crippen LogP contribution in [0, 0.1) is 5.92 Å². The van der Waals surface area contributed by atoms with Crippen LogP contribution in [0.1, 0.15) is 26.0 Å². The molecule has 5 heteroatoms. The van der Waals surface area contributed by atoms with Crippen LogP contribution >= 0.6 is 11.3 Å². The SMILES string of the molecule is CC(C)CCN(C)c1nc(CC(=O)O)cs1. The summed E-state index contributed by atoms with van der Waals surface area (Å²) in [6.07, 6.45) is 1.12. The molecule has 1 heterocycles. The molecular formula is C11H18N2O2S. The topological polar surface area (TPSA) is 53.4 Å². The lowest BCUT2D eigenvalue weighted by molar-refractivity contribution is -0.136. The van der Waals surface area contributed by atoms with E-state index in [4.69, 9.17) is 5.11 Å². The summed E-state index contributed by atoms with van der Waals surface area (Å²) < 4.78 is 0. The van der Waals surface area contributed by atoms with E-state index in [1.54, 1.807) is 0 Å². The molecule has 1 rings (SSSR count). The molecule has 0 aromatic carbocycles. The summed E-state index contributed by atoms with van der Waals surface area (Å²) in [5.41, 5.74) is 0.642. The summed E-state index contributed by atoms with van der Waals surface area (Å²) in [6, 6.07) is 0. The van der Waals surface area contributed by atoms with Crippen LogP contribution in [0.25, 0.3) is 0 Å². The number of rotatable bonds is 6. The van der Waals surface area contributed by atoms with Gasteiger partial charge in [-0.05, 0) is 12.3 Å². The van der Waals surface area contributed by atoms with Gasteiger partial charge in [-0.1, -0.05) is 13.8 Å². The molecule has 0 unspecified atom stereocenters. The van der Waals surface area contributed by atoms with Gasteiger partial charge in [-0.2, -0.15) is 0 Å². The Hall–Kier alpha value is -1.10. The lowest BCUT2D eigenvalue weighted by Gasteiger charge is -2.16. The molecule has 0 bridgehead atoms. The van der Waals surface area contributed by atoms with Gasteiger partial charge in [-0.25, -0.2) is 4.98 Å². The number of aromatic nitrogens is 1. The highest BCUT2D eigenvalue weighted by Gasteiger charge is 2.09. The second-order valence-corrected chi connectivity index (χ2v) is 5.13. The lowest BCUT2D eigenvalue weighted by atomic mass is 10.1. The monoisotopic (exact) mass is 242 g/mol. The first-order chi connectivity index (χ1) is 7.49. The standard InChI is InChI=1S/C11H18N2O2S/c1-8(2)4-5-13(3)11-12-9(7-16-11)6-10(14)15/h7-8H,4-6H2,1-3H3,(H,14,15). The van der Waals surface area contributed by atoms with E-state index in [1.165, 1.54) is 11.3 Å². The van der Waals surface area contributed by atoms with Crippen LogP contribution in [0.5, 0.6) is 0 Å². The van der Waals surface area contributed by atoms with Crippen LogP contribution < -0.4 is 4.90 Å². The number of anilines is 1. The largest absolute Gasteiger partial charge is 0.481 e. The minimum absolute atomic E-state index is 0.00845. The smallest absolute Gasteiger partial charge is 0.309 e. The highest BCUT2D eigenvalue weighted by molar-refractivity contribution is 7.13. The van der Waals surface area contributed by atoms with Gasteiger partial charge >= 0.3 is 5.97 Å². The molecule has 0 spiro atoms. The molecular weight excluding hydrogens is 224 g/mol. The van der Waals surface area contributed by atoms with Gasteiger partial charge in [-0.15, -0.1) is 11.3 Å². The molecule has 1 aromatic rings. The Morgan fingerprint density at radius 3 is 2.88 bits per heavy atom. The van der Waals surface area contributed by atoms with E-state index < -0.39 is 5.97 Å². The number of carboxylic acid groups (broad SMARTS) is 1. The number of aliphatic carboxylic acids is 1. The first-order valence-electron chi connectivity index (χ1n) is 5.36. The summed E-state index contributed by atoms with van der Waals surface area (Å²) in [4.78, 5) is 16.9. The van der Waals surface area contributed by atoms with Crippen LogP contribution in [-0.4, -0.2) is 29.7 Å². The minimum atomic E-state index is -0.832. The maximum Gasteiger partial charge on any atom is 0.309 e. The summed E-state index contributed by atoms with van der Waals surface area (Å²) in [6.45, 7) is 5.33. The average molecular weight is 242 g/mol. The van der Waals surface area contributed by atoms with E-state index in [-0.39, 0.29) is 6.42 Å². The quantitative estimate of drug-likeness (QED) is 0.831. The minimum Gasteiger partial charge on any atom is -0.481 e. The summed E-state index contributed by atoms with van der Waals surface area (Å²) in [7, 11) is 1.99. The molecule has 0 aliphatic heterocycles. The van der Waals surface area contributed by atoms with Gasteiger partial charge in [0, 0.05) is 19.0 Å². The number of nitrogens with zero attached hydrogens (tertiary/aromatic N) is 2. The Morgan fingerprint density at radius 1 is 1.62 bits per heavy atom. The molecule has 16 heavy (non-hydrogen) atoms. The van der Waals surface area contributed by atoms with Gasteiger partial charge in [0.1, 0.15) is 0 Å². The Morgan fingerprint density at radius 2 is 2.31 bits per heavy atom. The number of hydrogen-bond acceptors (Lipinski definition) is 4. The first-order valence-corrected chi connectivity index (χ1v) is 6.24. The van der Waals surface area contributed by atoms with Crippen molar-refractivity contribution in [2.24, 2.45) is 5.92 Å². The van der Waals surface area contributed by atoms with Crippen LogP contribution in [-0.2, 0) is 11.2 Å². The van der Waals surface area contributed by atoms with E-state index >= 15 is 0 Å². The molecule has 0 amide bonds. The second-order valence-electron chi connectivity index (χ2n) is 4.30. The van der Waals surface area contributed by atoms with E-state index in [2.05, 4.69) is 23.7 Å². The summed E-state index contributed by atoms with van der Waals surface area (Å²) >= 11 is 1.50. The molecule has 0 radical (unpaired) electrons. The molecule has 0 aliphatic carbocycles. The van der Waals surface area contributed by atoms with Gasteiger partial charge < -0.3 is 10.0 Å². The van der Waals surface area contributed by atoms with Crippen LogP contribution in [0.3, 0.4) is 0 Å². The van der Waals surface area contributed by atoms with Crippen LogP contribution in [0.15, 0.2) is 5.38 Å². The summed E-state index contributed by atoms with van der Waals surface area (Å²) in [5, 5.41) is 11.4. The predicted molar refractivity (Wildman–Crippen MR) is 66.2 cm³/mol. The van der Waals surface area contributed by atoms with Gasteiger partial charge in [0.15, 0.2) is 5.13 Å². The van der Waals surface area contributed by atoms with Crippen molar-refractivity contribution in [1.82, 2.24) is 4.98 Å². The molecule has 90 valence electrons. The zero-order chi connectivity index (χ0) is 12.1. The Labute approximate surface area is 99.9 Å². The van der Waals surface area contributed by atoms with Gasteiger partial charge in [0.05, 0.1) is 12.1 Å². The van der Waals surface area contributed by atoms with E-state index in [9.17, 15) is 4.79 Å². The molecule has 0 aliphatic rings. The zero-order valence-corrected chi connectivity index (χ0v) is 10.8. The molecule has 4 nitrogen and oxygen atoms in total. The van der Waals surface area contributed by atoms with Crippen molar-refractivity contribution in [2.75, 3.05) is 18.5 Å². The van der Waals surface area contributed by atoms with Crippen molar-refractivity contribution in [2.45, 2.75) is 26.7 Å². The van der Waals surface area contributed by atoms with Crippen molar-refractivity contribution in [1.29, 1.82) is 0 Å². The van der Waals surface area contributed by atoms with Crippen molar-refractivity contribution in [3.05, 3.63) is 11.1 Å². The molecule has 0 saturated heterocycles. The highest BCUT2D eigenvalue weighted by atomic mass is 32.1. The molecule has 0 saturated carbocycles. The van der Waals surface area contributed by atoms with E-state index in [1.807, 2.05) is 12.4 Å². The van der Waals surface area contributed by atoms with Crippen molar-refractivity contribution in [3.8, 4) is 0 Å². The second kappa shape index (κ2) is 5.84. The number of thiazole rings is 1. The molecule has 0 atom stereocenters. The zero-order valence-electron chi connectivity index (χ0n) is 9.93. The van der Waals surface area contributed by atoms with Gasteiger partial charge in [0.25, 0.3) is 0 Å². The van der Waals surface area contributed by atoms with E-state index in [0.29, 0.717) is 11.6 Å². The maximum atomic E-state index is 10.5. The third-order valence-electron chi connectivity index (χ3n) is 2.24.